The zero-order valence-electron chi connectivity index (χ0n) is 10.2. The molecular formula is C11H17N3O3. The highest BCUT2D eigenvalue weighted by Crippen LogP contribution is 2.13. The SMILES string of the molecule is CC(C)(C)C(=O)N[C@H](Cc1cnc[nH]1)C(=O)O. The fourth-order valence-corrected chi connectivity index (χ4v) is 1.19. The first-order chi connectivity index (χ1) is 7.80. The minimum Gasteiger partial charge on any atom is -0.480 e. The van der Waals surface area contributed by atoms with Crippen LogP contribution in [-0.2, 0) is 16.0 Å². The molecule has 6 heteroatoms. The number of hydrogen-bond acceptors (Lipinski definition) is 3. The number of imidazole rings is 1. The predicted molar refractivity (Wildman–Crippen MR) is 61.3 cm³/mol. The molecule has 0 radical (unpaired) electrons. The number of carboxylic acids is 1. The maximum atomic E-state index is 11.7. The van der Waals surface area contributed by atoms with Crippen molar-refractivity contribution in [2.24, 2.45) is 5.41 Å². The molecule has 0 unspecified atom stereocenters. The van der Waals surface area contributed by atoms with Crippen LogP contribution in [0.3, 0.4) is 0 Å². The Morgan fingerprint density at radius 1 is 1.53 bits per heavy atom. The zero-order chi connectivity index (χ0) is 13.1. The summed E-state index contributed by atoms with van der Waals surface area (Å²) < 4.78 is 0. The van der Waals surface area contributed by atoms with E-state index in [0.717, 1.165) is 0 Å². The maximum Gasteiger partial charge on any atom is 0.326 e. The molecule has 94 valence electrons. The molecule has 6 nitrogen and oxygen atoms in total. The average molecular weight is 239 g/mol. The predicted octanol–water partition coefficient (Wildman–Crippen LogP) is 0.568. The van der Waals surface area contributed by atoms with Crippen LogP contribution in [0.1, 0.15) is 26.5 Å². The monoisotopic (exact) mass is 239 g/mol. The summed E-state index contributed by atoms with van der Waals surface area (Å²) in [7, 11) is 0. The molecular weight excluding hydrogens is 222 g/mol. The highest BCUT2D eigenvalue weighted by molar-refractivity contribution is 5.86. The van der Waals surface area contributed by atoms with Gasteiger partial charge >= 0.3 is 5.97 Å². The Morgan fingerprint density at radius 2 is 2.18 bits per heavy atom. The lowest BCUT2D eigenvalue weighted by atomic mass is 9.95. The van der Waals surface area contributed by atoms with E-state index in [1.54, 1.807) is 27.0 Å². The van der Waals surface area contributed by atoms with Gasteiger partial charge in [-0.3, -0.25) is 4.79 Å². The fourth-order valence-electron chi connectivity index (χ4n) is 1.19. The Hall–Kier alpha value is -1.85. The van der Waals surface area contributed by atoms with Gasteiger partial charge in [-0.25, -0.2) is 9.78 Å². The number of carbonyl (C=O) groups is 2. The van der Waals surface area contributed by atoms with E-state index in [9.17, 15) is 9.59 Å². The molecule has 17 heavy (non-hydrogen) atoms. The van der Waals surface area contributed by atoms with Gasteiger partial charge in [0.05, 0.1) is 6.33 Å². The van der Waals surface area contributed by atoms with Crippen LogP contribution in [0.2, 0.25) is 0 Å². The van der Waals surface area contributed by atoms with Crippen molar-refractivity contribution >= 4 is 11.9 Å². The molecule has 1 rings (SSSR count). The van der Waals surface area contributed by atoms with Gasteiger partial charge in [-0.1, -0.05) is 20.8 Å². The number of carbonyl (C=O) groups excluding carboxylic acids is 1. The summed E-state index contributed by atoms with van der Waals surface area (Å²) in [6.45, 7) is 5.20. The molecule has 1 aromatic rings. The number of nitrogens with zero attached hydrogens (tertiary/aromatic N) is 1. The van der Waals surface area contributed by atoms with E-state index >= 15 is 0 Å². The Morgan fingerprint density at radius 3 is 2.59 bits per heavy atom. The molecule has 1 atom stereocenters. The summed E-state index contributed by atoms with van der Waals surface area (Å²) in [5, 5.41) is 11.5. The number of hydrogen-bond donors (Lipinski definition) is 3. The highest BCUT2D eigenvalue weighted by Gasteiger charge is 2.27. The molecule has 1 heterocycles. The van der Waals surface area contributed by atoms with E-state index in [1.165, 1.54) is 6.33 Å². The van der Waals surface area contributed by atoms with Crippen LogP contribution in [0.25, 0.3) is 0 Å². The first-order valence-corrected chi connectivity index (χ1v) is 5.31. The molecule has 1 amide bonds. The Kier molecular flexibility index (Phi) is 3.88. The lowest BCUT2D eigenvalue weighted by Gasteiger charge is -2.21. The third-order valence-electron chi connectivity index (χ3n) is 2.26. The number of aliphatic carboxylic acids is 1. The summed E-state index contributed by atoms with van der Waals surface area (Å²) >= 11 is 0. The van der Waals surface area contributed by atoms with Gasteiger partial charge in [-0.05, 0) is 0 Å². The van der Waals surface area contributed by atoms with Crippen LogP contribution >= 0.6 is 0 Å². The molecule has 0 aliphatic carbocycles. The van der Waals surface area contributed by atoms with Crippen molar-refractivity contribution in [1.82, 2.24) is 15.3 Å². The first-order valence-electron chi connectivity index (χ1n) is 5.31. The normalized spacial score (nSPS) is 13.1. The molecule has 0 aromatic carbocycles. The fraction of sp³-hybridized carbons (Fsp3) is 0.545. The third kappa shape index (κ3) is 3.90. The van der Waals surface area contributed by atoms with E-state index in [-0.39, 0.29) is 12.3 Å². The molecule has 1 aromatic heterocycles. The first kappa shape index (κ1) is 13.2. The summed E-state index contributed by atoms with van der Waals surface area (Å²) in [4.78, 5) is 29.4. The third-order valence-corrected chi connectivity index (χ3v) is 2.26. The highest BCUT2D eigenvalue weighted by atomic mass is 16.4. The Balaban J connectivity index is 2.68. The largest absolute Gasteiger partial charge is 0.480 e. The smallest absolute Gasteiger partial charge is 0.326 e. The van der Waals surface area contributed by atoms with Crippen molar-refractivity contribution in [2.45, 2.75) is 33.2 Å². The quantitative estimate of drug-likeness (QED) is 0.715. The Labute approximate surface area is 99.4 Å². The number of aromatic amines is 1. The van der Waals surface area contributed by atoms with Gasteiger partial charge in [-0.15, -0.1) is 0 Å². The second-order valence-electron chi connectivity index (χ2n) is 4.90. The number of amides is 1. The van der Waals surface area contributed by atoms with Crippen LogP contribution in [0, 0.1) is 5.41 Å². The van der Waals surface area contributed by atoms with Crippen molar-refractivity contribution in [3.8, 4) is 0 Å². The van der Waals surface area contributed by atoms with Gasteiger partial charge in [0.25, 0.3) is 0 Å². The van der Waals surface area contributed by atoms with Crippen LogP contribution in [0.4, 0.5) is 0 Å². The summed E-state index contributed by atoms with van der Waals surface area (Å²) in [5.41, 5.74) is 0.0633. The Bertz CT molecular complexity index is 393. The van der Waals surface area contributed by atoms with Crippen molar-refractivity contribution < 1.29 is 14.7 Å². The number of nitrogens with one attached hydrogen (secondary N) is 2. The number of aromatic nitrogens is 2. The lowest BCUT2D eigenvalue weighted by Crippen LogP contribution is -2.46. The van der Waals surface area contributed by atoms with Gasteiger partial charge in [0.1, 0.15) is 6.04 Å². The minimum absolute atomic E-state index is 0.192. The zero-order valence-corrected chi connectivity index (χ0v) is 10.2. The molecule has 0 saturated heterocycles. The van der Waals surface area contributed by atoms with E-state index < -0.39 is 17.4 Å². The molecule has 0 aliphatic rings. The second kappa shape index (κ2) is 4.99. The minimum atomic E-state index is -1.06. The molecule has 0 saturated carbocycles. The van der Waals surface area contributed by atoms with E-state index in [0.29, 0.717) is 5.69 Å². The van der Waals surface area contributed by atoms with Gasteiger partial charge < -0.3 is 15.4 Å². The van der Waals surface area contributed by atoms with Crippen LogP contribution in [0.5, 0.6) is 0 Å². The standard InChI is InChI=1S/C11H17N3O3/c1-11(2,3)10(17)14-8(9(15)16)4-7-5-12-6-13-7/h5-6,8H,4H2,1-3H3,(H,12,13)(H,14,17)(H,15,16)/t8-/m1/s1. The average Bonchev–Trinajstić information content (AvgIpc) is 2.67. The van der Waals surface area contributed by atoms with Crippen molar-refractivity contribution in [1.29, 1.82) is 0 Å². The van der Waals surface area contributed by atoms with Crippen molar-refractivity contribution in [3.05, 3.63) is 18.2 Å². The molecule has 3 N–H and O–H groups in total. The molecule has 0 spiro atoms. The van der Waals surface area contributed by atoms with Gasteiger partial charge in [-0.2, -0.15) is 0 Å². The number of H-pyrrole nitrogens is 1. The molecule has 0 fully saturated rings. The van der Waals surface area contributed by atoms with E-state index in [2.05, 4.69) is 15.3 Å². The molecule has 0 aliphatic heterocycles. The van der Waals surface area contributed by atoms with Crippen LogP contribution in [-0.4, -0.2) is 33.0 Å². The van der Waals surface area contributed by atoms with E-state index in [1.807, 2.05) is 0 Å². The number of carboxylic acid groups (broad SMARTS) is 1. The molecule has 0 bridgehead atoms. The van der Waals surface area contributed by atoms with E-state index in [4.69, 9.17) is 5.11 Å². The lowest BCUT2D eigenvalue weighted by molar-refractivity contribution is -0.143. The van der Waals surface area contributed by atoms with Crippen LogP contribution < -0.4 is 5.32 Å². The summed E-state index contributed by atoms with van der Waals surface area (Å²) in [6.07, 6.45) is 3.20. The van der Waals surface area contributed by atoms with Crippen molar-refractivity contribution in [2.75, 3.05) is 0 Å². The number of rotatable bonds is 4. The van der Waals surface area contributed by atoms with Gasteiger partial charge in [0.2, 0.25) is 5.91 Å². The van der Waals surface area contributed by atoms with Crippen LogP contribution in [0.15, 0.2) is 12.5 Å². The summed E-state index contributed by atoms with van der Waals surface area (Å²) in [6, 6.07) is -0.942. The topological polar surface area (TPSA) is 95.1 Å². The van der Waals surface area contributed by atoms with Crippen molar-refractivity contribution in [3.63, 3.8) is 0 Å². The van der Waals surface area contributed by atoms with Gasteiger partial charge in [0.15, 0.2) is 0 Å². The second-order valence-corrected chi connectivity index (χ2v) is 4.90. The maximum absolute atomic E-state index is 11.7. The summed E-state index contributed by atoms with van der Waals surface area (Å²) in [5.74, 6) is -1.35. The van der Waals surface area contributed by atoms with Gasteiger partial charge in [0, 0.05) is 23.7 Å².